The number of benzene rings is 1. The van der Waals surface area contributed by atoms with Crippen LogP contribution in [0.1, 0.15) is 70.5 Å². The lowest BCUT2D eigenvalue weighted by Gasteiger charge is -2.33. The van der Waals surface area contributed by atoms with E-state index in [0.717, 1.165) is 53.2 Å². The maximum atomic E-state index is 13.2. The second-order valence-electron chi connectivity index (χ2n) is 7.85. The minimum atomic E-state index is 0.150. The number of carbonyl (C=O) groups is 1. The van der Waals surface area contributed by atoms with Crippen LogP contribution in [0.2, 0.25) is 0 Å². The molecular formula is C20H26N4OS. The maximum Gasteiger partial charge on any atom is 0.254 e. The summed E-state index contributed by atoms with van der Waals surface area (Å²) in [5, 5.41) is 7.49. The molecule has 2 aromatic rings. The Balaban J connectivity index is 1.60. The number of aromatic nitrogens is 3. The summed E-state index contributed by atoms with van der Waals surface area (Å²) in [6, 6.07) is 4.70. The van der Waals surface area contributed by atoms with Crippen molar-refractivity contribution in [2.24, 2.45) is 0 Å². The van der Waals surface area contributed by atoms with Gasteiger partial charge in [0, 0.05) is 30.6 Å². The van der Waals surface area contributed by atoms with Crippen LogP contribution in [0.5, 0.6) is 0 Å². The van der Waals surface area contributed by atoms with Gasteiger partial charge in [-0.05, 0) is 69.8 Å². The van der Waals surface area contributed by atoms with E-state index in [0.29, 0.717) is 6.04 Å². The molecule has 2 aliphatic rings. The lowest BCUT2D eigenvalue weighted by molar-refractivity contribution is 0.0701. The number of likely N-dealkylation sites (tertiary alicyclic amines) is 1. The number of aromatic amines is 1. The highest BCUT2D eigenvalue weighted by atomic mass is 32.1. The third-order valence-corrected chi connectivity index (χ3v) is 5.90. The molecule has 0 spiro atoms. The van der Waals surface area contributed by atoms with Crippen LogP contribution in [0.4, 0.5) is 0 Å². The standard InChI is InChI=1S/C20H26N4OS/c1-12-9-13(2)17(14(3)10-12)19(25)23-8-4-5-15(11-23)18-21-22-20(26)24(18)16-6-7-16/h9-10,15-16H,4-8,11H2,1-3H3,(H,22,26)/t15-/m0/s1. The SMILES string of the molecule is Cc1cc(C)c(C(=O)N2CCC[C@H](c3n[nH]c(=S)n3C3CC3)C2)c(C)c1. The van der Waals surface area contributed by atoms with Crippen LogP contribution >= 0.6 is 12.2 Å². The lowest BCUT2D eigenvalue weighted by Crippen LogP contribution is -2.40. The number of H-pyrrole nitrogens is 1. The van der Waals surface area contributed by atoms with Crippen molar-refractivity contribution < 1.29 is 4.79 Å². The highest BCUT2D eigenvalue weighted by molar-refractivity contribution is 7.71. The van der Waals surface area contributed by atoms with Crippen molar-refractivity contribution >= 4 is 18.1 Å². The second-order valence-corrected chi connectivity index (χ2v) is 8.24. The lowest BCUT2D eigenvalue weighted by atomic mass is 9.94. The molecule has 26 heavy (non-hydrogen) atoms. The third kappa shape index (κ3) is 3.11. The van der Waals surface area contributed by atoms with Gasteiger partial charge in [0.1, 0.15) is 5.82 Å². The van der Waals surface area contributed by atoms with Gasteiger partial charge in [0.05, 0.1) is 0 Å². The van der Waals surface area contributed by atoms with Crippen molar-refractivity contribution in [2.75, 3.05) is 13.1 Å². The first kappa shape index (κ1) is 17.5. The van der Waals surface area contributed by atoms with E-state index in [2.05, 4.69) is 33.8 Å². The summed E-state index contributed by atoms with van der Waals surface area (Å²) >= 11 is 5.43. The minimum absolute atomic E-state index is 0.150. The Hall–Kier alpha value is -1.95. The molecule has 2 fully saturated rings. The molecule has 4 rings (SSSR count). The topological polar surface area (TPSA) is 53.9 Å². The van der Waals surface area contributed by atoms with Gasteiger partial charge in [0.2, 0.25) is 0 Å². The number of aryl methyl sites for hydroxylation is 3. The third-order valence-electron chi connectivity index (χ3n) is 5.61. The molecule has 1 atom stereocenters. The normalized spacial score (nSPS) is 20.4. The zero-order valence-electron chi connectivity index (χ0n) is 15.7. The average Bonchev–Trinajstić information content (AvgIpc) is 3.36. The number of hydrogen-bond acceptors (Lipinski definition) is 3. The summed E-state index contributed by atoms with van der Waals surface area (Å²) in [7, 11) is 0. The molecule has 0 radical (unpaired) electrons. The Morgan fingerprint density at radius 1 is 1.19 bits per heavy atom. The highest BCUT2D eigenvalue weighted by Crippen LogP contribution is 2.38. The average molecular weight is 371 g/mol. The van der Waals surface area contributed by atoms with Crippen LogP contribution in [-0.4, -0.2) is 38.7 Å². The van der Waals surface area contributed by atoms with Gasteiger partial charge in [-0.25, -0.2) is 0 Å². The number of carbonyl (C=O) groups excluding carboxylic acids is 1. The molecule has 1 saturated carbocycles. The van der Waals surface area contributed by atoms with Crippen molar-refractivity contribution in [3.8, 4) is 0 Å². The molecule has 1 amide bonds. The molecule has 0 unspecified atom stereocenters. The van der Waals surface area contributed by atoms with Gasteiger partial charge in [0.15, 0.2) is 4.77 Å². The summed E-state index contributed by atoms with van der Waals surface area (Å²) in [4.78, 5) is 15.2. The molecule has 0 bridgehead atoms. The number of rotatable bonds is 3. The minimum Gasteiger partial charge on any atom is -0.338 e. The second kappa shape index (κ2) is 6.65. The Labute approximate surface area is 159 Å². The van der Waals surface area contributed by atoms with Crippen LogP contribution in [0.3, 0.4) is 0 Å². The molecule has 5 nitrogen and oxygen atoms in total. The highest BCUT2D eigenvalue weighted by Gasteiger charge is 2.33. The molecular weight excluding hydrogens is 344 g/mol. The largest absolute Gasteiger partial charge is 0.338 e. The predicted octanol–water partition coefficient (Wildman–Crippen LogP) is 4.22. The van der Waals surface area contributed by atoms with E-state index < -0.39 is 0 Å². The van der Waals surface area contributed by atoms with Crippen LogP contribution in [0.15, 0.2) is 12.1 Å². The van der Waals surface area contributed by atoms with E-state index in [1.54, 1.807) is 0 Å². The van der Waals surface area contributed by atoms with Gasteiger partial charge in [-0.3, -0.25) is 9.89 Å². The van der Waals surface area contributed by atoms with Gasteiger partial charge in [0.25, 0.3) is 5.91 Å². The smallest absolute Gasteiger partial charge is 0.254 e. The van der Waals surface area contributed by atoms with Gasteiger partial charge in [-0.15, -0.1) is 0 Å². The van der Waals surface area contributed by atoms with Crippen molar-refractivity contribution in [3.63, 3.8) is 0 Å². The zero-order valence-corrected chi connectivity index (χ0v) is 16.5. The van der Waals surface area contributed by atoms with E-state index in [4.69, 9.17) is 12.2 Å². The van der Waals surface area contributed by atoms with Crippen molar-refractivity contribution in [3.05, 3.63) is 45.0 Å². The fourth-order valence-electron chi connectivity index (χ4n) is 4.34. The van der Waals surface area contributed by atoms with Crippen LogP contribution in [0.25, 0.3) is 0 Å². The Morgan fingerprint density at radius 2 is 1.88 bits per heavy atom. The number of nitrogens with zero attached hydrogens (tertiary/aromatic N) is 3. The summed E-state index contributed by atoms with van der Waals surface area (Å²) < 4.78 is 2.91. The monoisotopic (exact) mass is 370 g/mol. The molecule has 1 aliphatic heterocycles. The Kier molecular flexibility index (Phi) is 4.47. The van der Waals surface area contributed by atoms with E-state index >= 15 is 0 Å². The fourth-order valence-corrected chi connectivity index (χ4v) is 4.63. The van der Waals surface area contributed by atoms with E-state index in [1.807, 2.05) is 18.7 Å². The molecule has 1 aromatic heterocycles. The summed E-state index contributed by atoms with van der Waals surface area (Å²) in [6.45, 7) is 7.68. The Morgan fingerprint density at radius 3 is 2.54 bits per heavy atom. The van der Waals surface area contributed by atoms with Crippen molar-refractivity contribution in [2.45, 2.75) is 58.4 Å². The predicted molar refractivity (Wildman–Crippen MR) is 104 cm³/mol. The van der Waals surface area contributed by atoms with Crippen molar-refractivity contribution in [1.82, 2.24) is 19.7 Å². The quantitative estimate of drug-likeness (QED) is 0.823. The first-order valence-electron chi connectivity index (χ1n) is 9.49. The van der Waals surface area contributed by atoms with Crippen LogP contribution < -0.4 is 0 Å². The number of piperidine rings is 1. The maximum absolute atomic E-state index is 13.2. The first-order valence-corrected chi connectivity index (χ1v) is 9.90. The Bertz CT molecular complexity index is 886. The molecule has 2 heterocycles. The summed E-state index contributed by atoms with van der Waals surface area (Å²) in [6.07, 6.45) is 4.42. The van der Waals surface area contributed by atoms with Gasteiger partial charge in [-0.1, -0.05) is 17.7 Å². The number of amides is 1. The summed E-state index contributed by atoms with van der Waals surface area (Å²) in [5.74, 6) is 1.44. The van der Waals surface area contributed by atoms with Gasteiger partial charge < -0.3 is 9.47 Å². The molecule has 1 N–H and O–H groups in total. The zero-order chi connectivity index (χ0) is 18.4. The summed E-state index contributed by atoms with van der Waals surface area (Å²) in [5.41, 5.74) is 4.19. The van der Waals surface area contributed by atoms with E-state index in [-0.39, 0.29) is 11.8 Å². The number of hydrogen-bond donors (Lipinski definition) is 1. The molecule has 138 valence electrons. The van der Waals surface area contributed by atoms with Gasteiger partial charge >= 0.3 is 0 Å². The van der Waals surface area contributed by atoms with Crippen molar-refractivity contribution in [1.29, 1.82) is 0 Å². The molecule has 6 heteroatoms. The first-order chi connectivity index (χ1) is 12.5. The van der Waals surface area contributed by atoms with Crippen LogP contribution in [-0.2, 0) is 0 Å². The van der Waals surface area contributed by atoms with E-state index in [9.17, 15) is 4.79 Å². The molecule has 1 saturated heterocycles. The molecule has 1 aliphatic carbocycles. The fraction of sp³-hybridized carbons (Fsp3) is 0.550. The van der Waals surface area contributed by atoms with Crippen LogP contribution in [0, 0.1) is 25.5 Å². The molecule has 1 aromatic carbocycles. The van der Waals surface area contributed by atoms with E-state index in [1.165, 1.54) is 18.4 Å². The van der Waals surface area contributed by atoms with Gasteiger partial charge in [-0.2, -0.15) is 5.10 Å². The number of nitrogens with one attached hydrogen (secondary N) is 1.